The number of sulfonamides is 1. The number of carbonyl (C=O) groups is 4. The first-order chi connectivity index (χ1) is 28.4. The molecule has 2 aliphatic heterocycles. The van der Waals surface area contributed by atoms with Crippen LogP contribution < -0.4 is 29.6 Å². The number of ether oxygens (including phenoxy) is 4. The summed E-state index contributed by atoms with van der Waals surface area (Å²) in [6.07, 6.45) is 10.3. The zero-order valence-electron chi connectivity index (χ0n) is 34.0. The number of aromatic nitrogens is 1. The topological polar surface area (TPSA) is 192 Å². The van der Waals surface area contributed by atoms with E-state index in [-0.39, 0.29) is 37.3 Å². The molecule has 3 N–H and O–H groups in total. The van der Waals surface area contributed by atoms with Crippen LogP contribution in [0.2, 0.25) is 0 Å². The van der Waals surface area contributed by atoms with Crippen LogP contribution in [0.1, 0.15) is 102 Å². The molecular weight excluding hydrogens is 779 g/mol. The number of amides is 4. The quantitative estimate of drug-likeness (QED) is 0.278. The lowest BCUT2D eigenvalue weighted by Crippen LogP contribution is -2.59. The van der Waals surface area contributed by atoms with E-state index in [0.29, 0.717) is 48.8 Å². The first kappa shape index (κ1) is 41.1. The molecule has 7 atom stereocenters. The predicted molar refractivity (Wildman–Crippen MR) is 217 cm³/mol. The smallest absolute Gasteiger partial charge is 0.408 e. The number of alkyl carbamates (subject to hydrolysis) is 1. The number of nitrogens with zero attached hydrogens (tertiary/aromatic N) is 2. The average molecular weight is 836 g/mol. The summed E-state index contributed by atoms with van der Waals surface area (Å²) in [6, 6.07) is 3.54. The van der Waals surface area contributed by atoms with Crippen LogP contribution in [-0.2, 0) is 35.6 Å². The van der Waals surface area contributed by atoms with E-state index >= 15 is 4.79 Å². The summed E-state index contributed by atoms with van der Waals surface area (Å²) in [4.78, 5) is 63.3. The molecule has 1 aromatic carbocycles. The van der Waals surface area contributed by atoms with Gasteiger partial charge in [-0.3, -0.25) is 19.1 Å². The van der Waals surface area contributed by atoms with Crippen molar-refractivity contribution in [1.29, 1.82) is 0 Å². The lowest BCUT2D eigenvalue weighted by Gasteiger charge is -2.35. The average Bonchev–Trinajstić information content (AvgIpc) is 4.12. The van der Waals surface area contributed by atoms with Gasteiger partial charge in [0.05, 0.1) is 31.0 Å². The van der Waals surface area contributed by atoms with Gasteiger partial charge in [-0.1, -0.05) is 25.3 Å². The number of pyridine rings is 1. The summed E-state index contributed by atoms with van der Waals surface area (Å²) in [7, 11) is -2.28. The van der Waals surface area contributed by atoms with Crippen molar-refractivity contribution < 1.29 is 46.5 Å². The maximum Gasteiger partial charge on any atom is 0.408 e. The van der Waals surface area contributed by atoms with E-state index in [4.69, 9.17) is 23.9 Å². The zero-order valence-corrected chi connectivity index (χ0v) is 34.9. The molecule has 4 bridgehead atoms. The number of nitrogens with one attached hydrogen (secondary N) is 3. The summed E-state index contributed by atoms with van der Waals surface area (Å²) in [5.41, 5.74) is 0.0187. The van der Waals surface area contributed by atoms with Crippen LogP contribution in [0.4, 0.5) is 4.79 Å². The van der Waals surface area contributed by atoms with Gasteiger partial charge in [0.15, 0.2) is 0 Å². The Morgan fingerprint density at radius 1 is 1.02 bits per heavy atom. The zero-order chi connectivity index (χ0) is 41.5. The minimum absolute atomic E-state index is 0.00148. The van der Waals surface area contributed by atoms with Gasteiger partial charge in [-0.2, -0.15) is 0 Å². The van der Waals surface area contributed by atoms with E-state index < -0.39 is 68.7 Å². The monoisotopic (exact) mass is 835 g/mol. The highest BCUT2D eigenvalue weighted by molar-refractivity contribution is 7.91. The normalized spacial score (nSPS) is 30.2. The Morgan fingerprint density at radius 2 is 1.78 bits per heavy atom. The van der Waals surface area contributed by atoms with Crippen molar-refractivity contribution >= 4 is 44.7 Å². The van der Waals surface area contributed by atoms with Gasteiger partial charge in [0.1, 0.15) is 41.3 Å². The first-order valence-corrected chi connectivity index (χ1v) is 23.1. The molecule has 0 radical (unpaired) electrons. The second-order valence-electron chi connectivity index (χ2n) is 17.3. The van der Waals surface area contributed by atoms with Crippen LogP contribution >= 0.6 is 0 Å². The Kier molecular flexibility index (Phi) is 11.7. The summed E-state index contributed by atoms with van der Waals surface area (Å²) in [6.45, 7) is 6.05. The van der Waals surface area contributed by atoms with Gasteiger partial charge in [-0.05, 0) is 101 Å². The van der Waals surface area contributed by atoms with Gasteiger partial charge in [-0.25, -0.2) is 18.2 Å². The van der Waals surface area contributed by atoms with Gasteiger partial charge < -0.3 is 34.5 Å². The van der Waals surface area contributed by atoms with Gasteiger partial charge in [0.25, 0.3) is 5.91 Å². The molecule has 15 nitrogen and oxygen atoms in total. The van der Waals surface area contributed by atoms with Crippen LogP contribution in [0.15, 0.2) is 30.9 Å². The molecule has 4 aliphatic carbocycles. The fourth-order valence-corrected chi connectivity index (χ4v) is 11.3. The molecule has 8 rings (SSSR count). The van der Waals surface area contributed by atoms with E-state index in [9.17, 15) is 22.8 Å². The number of hydrogen-bond acceptors (Lipinski definition) is 11. The Balaban J connectivity index is 1.17. The van der Waals surface area contributed by atoms with Crippen molar-refractivity contribution in [2.45, 2.75) is 138 Å². The van der Waals surface area contributed by atoms with E-state index in [2.05, 4.69) is 21.9 Å². The van der Waals surface area contributed by atoms with Crippen molar-refractivity contribution in [1.82, 2.24) is 25.2 Å². The second kappa shape index (κ2) is 16.8. The molecule has 5 fully saturated rings. The van der Waals surface area contributed by atoms with Crippen LogP contribution in [0, 0.1) is 17.8 Å². The lowest BCUT2D eigenvalue weighted by molar-refractivity contribution is -0.142. The fraction of sp³-hybridized carbons (Fsp3) is 0.651. The summed E-state index contributed by atoms with van der Waals surface area (Å²) in [5.74, 6) is -0.910. The Morgan fingerprint density at radius 3 is 2.49 bits per heavy atom. The van der Waals surface area contributed by atoms with Crippen LogP contribution in [0.25, 0.3) is 10.9 Å². The van der Waals surface area contributed by atoms with Gasteiger partial charge in [0.2, 0.25) is 27.7 Å². The molecule has 1 saturated heterocycles. The Hall–Kier alpha value is -4.60. The maximum absolute atomic E-state index is 15.0. The Labute approximate surface area is 345 Å². The predicted octanol–water partition coefficient (Wildman–Crippen LogP) is 4.84. The van der Waals surface area contributed by atoms with Crippen LogP contribution in [-0.4, -0.2) is 97.5 Å². The van der Waals surface area contributed by atoms with Gasteiger partial charge in [0, 0.05) is 29.9 Å². The van der Waals surface area contributed by atoms with Crippen LogP contribution in [0.3, 0.4) is 0 Å². The third-order valence-corrected chi connectivity index (χ3v) is 15.2. The molecule has 6 aliphatic rings. The molecule has 4 amide bonds. The number of hydrogen-bond donors (Lipinski definition) is 3. The SMILES string of the molecule is C=C[C@@H]1C[C@]1(NC(=O)[C@@H]1C[C@@H]2CN1C(=O)[C@H](C1CCCCC1)NC(=O)O[C@@H]1CCC[C@@H]1CCCc1cc3c(cc(OCC)nc3cc1OC)O2)C(=O)NS(=O)(=O)C1CC1. The number of aryl methyl sites for hydroxylation is 1. The highest BCUT2D eigenvalue weighted by Crippen LogP contribution is 2.46. The van der Waals surface area contributed by atoms with Gasteiger partial charge >= 0.3 is 6.09 Å². The molecule has 320 valence electrons. The third-order valence-electron chi connectivity index (χ3n) is 13.4. The largest absolute Gasteiger partial charge is 0.496 e. The number of carbonyl (C=O) groups excluding carboxylic acids is 4. The highest BCUT2D eigenvalue weighted by atomic mass is 32.2. The molecule has 16 heteroatoms. The van der Waals surface area contributed by atoms with E-state index in [1.165, 1.54) is 11.0 Å². The number of methoxy groups -OCH3 is 1. The van der Waals surface area contributed by atoms with E-state index in [0.717, 1.165) is 75.2 Å². The van der Waals surface area contributed by atoms with Crippen molar-refractivity contribution in [2.75, 3.05) is 20.3 Å². The first-order valence-electron chi connectivity index (χ1n) is 21.5. The minimum Gasteiger partial charge on any atom is -0.496 e. The Bertz CT molecular complexity index is 2090. The van der Waals surface area contributed by atoms with Crippen molar-refractivity contribution in [3.8, 4) is 17.4 Å². The maximum atomic E-state index is 15.0. The van der Waals surface area contributed by atoms with Crippen molar-refractivity contribution in [3.63, 3.8) is 0 Å². The number of benzene rings is 1. The van der Waals surface area contributed by atoms with Gasteiger partial charge in [-0.15, -0.1) is 6.58 Å². The molecule has 0 spiro atoms. The van der Waals surface area contributed by atoms with Crippen molar-refractivity contribution in [3.05, 3.63) is 36.4 Å². The molecule has 59 heavy (non-hydrogen) atoms. The molecular formula is C43H57N5O10S. The summed E-state index contributed by atoms with van der Waals surface area (Å²) in [5, 5.41) is 5.94. The minimum atomic E-state index is -3.91. The summed E-state index contributed by atoms with van der Waals surface area (Å²) >= 11 is 0. The molecule has 2 aromatic rings. The van der Waals surface area contributed by atoms with Crippen LogP contribution in [0.5, 0.6) is 17.4 Å². The standard InChI is InChI=1S/C43H57N5O10S/c1-4-28-23-43(28,41(51)47-59(53,54)30-17-18-30)46-39(49)33-20-29-24-48(33)40(50)38(26-11-7-6-8-12-26)45-42(52)58-34-16-10-14-25(34)13-9-15-27-19-31-32(21-35(27)55-3)44-37(56-5-2)22-36(31)57-29/h4,19,21-22,25-26,28-30,33-34,38H,1,5-18,20,23-24H2,2-3H3,(H,45,52)(H,46,49)(H,47,51)/t25-,28+,29+,33-,34+,38-,43+/m0/s1. The van der Waals surface area contributed by atoms with Crippen molar-refractivity contribution in [2.24, 2.45) is 17.8 Å². The second-order valence-corrected chi connectivity index (χ2v) is 19.2. The number of rotatable bonds is 10. The van der Waals surface area contributed by atoms with E-state index in [1.807, 2.05) is 19.1 Å². The fourth-order valence-electron chi connectivity index (χ4n) is 9.89. The lowest BCUT2D eigenvalue weighted by atomic mass is 9.83. The highest BCUT2D eigenvalue weighted by Gasteiger charge is 2.62. The number of fused-ring (bicyclic) bond motifs is 4. The third kappa shape index (κ3) is 8.56. The molecule has 3 heterocycles. The van der Waals surface area contributed by atoms with E-state index in [1.54, 1.807) is 13.2 Å². The summed E-state index contributed by atoms with van der Waals surface area (Å²) < 4.78 is 52.5. The molecule has 1 aromatic heterocycles. The molecule has 4 saturated carbocycles. The molecule has 0 unspecified atom stereocenters.